The quantitative estimate of drug-likeness (QED) is 0.778. The van der Waals surface area contributed by atoms with Crippen LogP contribution in [0, 0.1) is 0 Å². The van der Waals surface area contributed by atoms with E-state index in [0.717, 1.165) is 5.56 Å². The highest BCUT2D eigenvalue weighted by Crippen LogP contribution is 2.16. The van der Waals surface area contributed by atoms with Crippen LogP contribution in [0.25, 0.3) is 6.08 Å². The number of hydrogen-bond donors (Lipinski definition) is 0. The number of rotatable bonds is 3. The number of halogens is 2. The maximum Gasteiger partial charge on any atom is 0.186 e. The molecule has 1 aromatic heterocycles. The van der Waals surface area contributed by atoms with E-state index in [2.05, 4.69) is 4.98 Å². The number of aromatic nitrogens is 1. The molecule has 0 aliphatic heterocycles. The summed E-state index contributed by atoms with van der Waals surface area (Å²) in [5.74, 6) is 0.646. The van der Waals surface area contributed by atoms with Crippen LogP contribution in [0.5, 0.6) is 0 Å². The third-order valence-corrected chi connectivity index (χ3v) is 2.63. The Morgan fingerprint density at radius 1 is 1.47 bits per heavy atom. The molecule has 0 fully saturated rings. The molecule has 0 spiro atoms. The summed E-state index contributed by atoms with van der Waals surface area (Å²) < 4.78 is 0. The summed E-state index contributed by atoms with van der Waals surface area (Å²) in [6, 6.07) is 3.42. The molecule has 2 nitrogen and oxygen atoms in total. The first-order valence-electron chi connectivity index (χ1n) is 4.21. The Kier molecular flexibility index (Phi) is 5.15. The topological polar surface area (TPSA) is 30.0 Å². The van der Waals surface area contributed by atoms with Gasteiger partial charge in [-0.15, -0.1) is 0 Å². The van der Waals surface area contributed by atoms with Crippen molar-refractivity contribution in [1.82, 2.24) is 4.98 Å². The molecule has 0 aliphatic carbocycles. The van der Waals surface area contributed by atoms with Gasteiger partial charge in [0.1, 0.15) is 10.3 Å². The van der Waals surface area contributed by atoms with E-state index in [0.29, 0.717) is 16.1 Å². The molecule has 0 aromatic carbocycles. The summed E-state index contributed by atoms with van der Waals surface area (Å²) in [5, 5.41) is 0.827. The second-order valence-electron chi connectivity index (χ2n) is 2.75. The molecule has 0 saturated carbocycles. The largest absolute Gasteiger partial charge is 0.288 e. The minimum absolute atomic E-state index is 0.102. The lowest BCUT2D eigenvalue weighted by molar-refractivity contribution is -0.109. The maximum absolute atomic E-state index is 10.6. The average Bonchev–Trinajstić information content (AvgIpc) is 2.10. The second kappa shape index (κ2) is 6.16. The standard InChI is InChI=1S/C10H9Cl2NOS/c1-7(14)15-4-2-3-8-5-9(11)13-10(12)6-8/h2-3,5-6H,4H2,1H3. The molecule has 1 rings (SSSR count). The van der Waals surface area contributed by atoms with Gasteiger partial charge in [0.2, 0.25) is 0 Å². The van der Waals surface area contributed by atoms with Gasteiger partial charge in [0.05, 0.1) is 0 Å². The number of hydrogen-bond acceptors (Lipinski definition) is 3. The molecule has 15 heavy (non-hydrogen) atoms. The lowest BCUT2D eigenvalue weighted by atomic mass is 10.2. The van der Waals surface area contributed by atoms with Gasteiger partial charge in [-0.25, -0.2) is 4.98 Å². The first kappa shape index (κ1) is 12.6. The zero-order valence-corrected chi connectivity index (χ0v) is 10.4. The lowest BCUT2D eigenvalue weighted by Gasteiger charge is -1.96. The summed E-state index contributed by atoms with van der Waals surface area (Å²) >= 11 is 12.7. The molecule has 0 atom stereocenters. The molecule has 80 valence electrons. The molecule has 0 unspecified atom stereocenters. The van der Waals surface area contributed by atoms with Crippen molar-refractivity contribution in [2.75, 3.05) is 5.75 Å². The highest BCUT2D eigenvalue weighted by atomic mass is 35.5. The smallest absolute Gasteiger partial charge is 0.186 e. The summed E-state index contributed by atoms with van der Waals surface area (Å²) in [6.07, 6.45) is 3.74. The molecule has 0 amide bonds. The molecule has 0 saturated heterocycles. The van der Waals surface area contributed by atoms with Gasteiger partial charge in [-0.3, -0.25) is 4.79 Å². The molecular weight excluding hydrogens is 253 g/mol. The molecule has 5 heteroatoms. The van der Waals surface area contributed by atoms with Crippen molar-refractivity contribution >= 4 is 46.2 Å². The van der Waals surface area contributed by atoms with Crippen LogP contribution < -0.4 is 0 Å². The van der Waals surface area contributed by atoms with Crippen LogP contribution in [0.1, 0.15) is 12.5 Å². The Bertz CT molecular complexity index is 373. The zero-order valence-electron chi connectivity index (χ0n) is 8.04. The summed E-state index contributed by atoms with van der Waals surface area (Å²) in [7, 11) is 0. The molecule has 1 aromatic rings. The van der Waals surface area contributed by atoms with E-state index in [9.17, 15) is 4.79 Å². The Balaban J connectivity index is 2.60. The zero-order chi connectivity index (χ0) is 11.3. The van der Waals surface area contributed by atoms with E-state index in [4.69, 9.17) is 23.2 Å². The predicted molar refractivity (Wildman–Crippen MR) is 66.4 cm³/mol. The molecule has 0 radical (unpaired) electrons. The summed E-state index contributed by atoms with van der Waals surface area (Å²) in [5.41, 5.74) is 0.879. The van der Waals surface area contributed by atoms with Gasteiger partial charge in [-0.2, -0.15) is 0 Å². The minimum atomic E-state index is 0.102. The summed E-state index contributed by atoms with van der Waals surface area (Å²) in [6.45, 7) is 1.54. The first-order chi connectivity index (χ1) is 7.08. The van der Waals surface area contributed by atoms with E-state index in [-0.39, 0.29) is 5.12 Å². The van der Waals surface area contributed by atoms with Crippen molar-refractivity contribution in [3.05, 3.63) is 34.1 Å². The van der Waals surface area contributed by atoms with Crippen molar-refractivity contribution in [2.45, 2.75) is 6.92 Å². The fourth-order valence-electron chi connectivity index (χ4n) is 0.929. The van der Waals surface area contributed by atoms with Crippen LogP contribution in [-0.4, -0.2) is 15.9 Å². The van der Waals surface area contributed by atoms with Crippen LogP contribution in [0.3, 0.4) is 0 Å². The number of nitrogens with zero attached hydrogens (tertiary/aromatic N) is 1. The molecular formula is C10H9Cl2NOS. The highest BCUT2D eigenvalue weighted by molar-refractivity contribution is 8.13. The Labute approximate surface area is 103 Å². The minimum Gasteiger partial charge on any atom is -0.288 e. The monoisotopic (exact) mass is 261 g/mol. The molecule has 0 bridgehead atoms. The normalized spacial score (nSPS) is 10.9. The van der Waals surface area contributed by atoms with E-state index in [1.807, 2.05) is 12.2 Å². The van der Waals surface area contributed by atoms with Gasteiger partial charge in [0.15, 0.2) is 5.12 Å². The van der Waals surface area contributed by atoms with Crippen molar-refractivity contribution in [2.24, 2.45) is 0 Å². The van der Waals surface area contributed by atoms with Gasteiger partial charge in [-0.05, 0) is 17.7 Å². The van der Waals surface area contributed by atoms with Gasteiger partial charge >= 0.3 is 0 Å². The third kappa shape index (κ3) is 5.21. The molecule has 1 heterocycles. The van der Waals surface area contributed by atoms with Crippen molar-refractivity contribution < 1.29 is 4.79 Å². The van der Waals surface area contributed by atoms with Crippen molar-refractivity contribution in [3.63, 3.8) is 0 Å². The van der Waals surface area contributed by atoms with E-state index in [1.54, 1.807) is 19.1 Å². The van der Waals surface area contributed by atoms with Crippen LogP contribution >= 0.6 is 35.0 Å². The van der Waals surface area contributed by atoms with E-state index < -0.39 is 0 Å². The Morgan fingerprint density at radius 3 is 2.60 bits per heavy atom. The van der Waals surface area contributed by atoms with E-state index in [1.165, 1.54) is 11.8 Å². The third-order valence-electron chi connectivity index (χ3n) is 1.48. The van der Waals surface area contributed by atoms with Gasteiger partial charge < -0.3 is 0 Å². The van der Waals surface area contributed by atoms with Crippen LogP contribution in [0.2, 0.25) is 10.3 Å². The Hall–Kier alpha value is -0.510. The SMILES string of the molecule is CC(=O)SCC=Cc1cc(Cl)nc(Cl)c1. The highest BCUT2D eigenvalue weighted by Gasteiger charge is 1.96. The fourth-order valence-corrected chi connectivity index (χ4v) is 1.83. The summed E-state index contributed by atoms with van der Waals surface area (Å²) in [4.78, 5) is 14.5. The van der Waals surface area contributed by atoms with Gasteiger partial charge in [0.25, 0.3) is 0 Å². The maximum atomic E-state index is 10.6. The van der Waals surface area contributed by atoms with Gasteiger partial charge in [0, 0.05) is 12.7 Å². The second-order valence-corrected chi connectivity index (χ2v) is 4.72. The Morgan fingerprint density at radius 2 is 2.07 bits per heavy atom. The van der Waals surface area contributed by atoms with E-state index >= 15 is 0 Å². The first-order valence-corrected chi connectivity index (χ1v) is 5.95. The fraction of sp³-hybridized carbons (Fsp3) is 0.200. The number of pyridine rings is 1. The van der Waals surface area contributed by atoms with Crippen LogP contribution in [0.4, 0.5) is 0 Å². The molecule has 0 aliphatic rings. The average molecular weight is 262 g/mol. The van der Waals surface area contributed by atoms with Crippen LogP contribution in [-0.2, 0) is 4.79 Å². The predicted octanol–water partition coefficient (Wildman–Crippen LogP) is 3.68. The lowest BCUT2D eigenvalue weighted by Crippen LogP contribution is -1.82. The van der Waals surface area contributed by atoms with Crippen molar-refractivity contribution in [1.29, 1.82) is 0 Å². The van der Waals surface area contributed by atoms with Gasteiger partial charge in [-0.1, -0.05) is 47.1 Å². The molecule has 0 N–H and O–H groups in total. The van der Waals surface area contributed by atoms with Crippen LogP contribution in [0.15, 0.2) is 18.2 Å². The number of carbonyl (C=O) groups is 1. The number of thioether (sulfide) groups is 1. The number of carbonyl (C=O) groups excluding carboxylic acids is 1. The van der Waals surface area contributed by atoms with Crippen molar-refractivity contribution in [3.8, 4) is 0 Å².